The zero-order valence-electron chi connectivity index (χ0n) is 9.34. The van der Waals surface area contributed by atoms with Crippen molar-refractivity contribution in [2.45, 2.75) is 13.0 Å². The first-order valence-electron chi connectivity index (χ1n) is 5.23. The molecule has 2 rings (SSSR count). The van der Waals surface area contributed by atoms with E-state index < -0.39 is 17.8 Å². The molecule has 1 saturated heterocycles. The van der Waals surface area contributed by atoms with Crippen LogP contribution in [0.3, 0.4) is 0 Å². The van der Waals surface area contributed by atoms with Crippen LogP contribution in [0.2, 0.25) is 0 Å². The van der Waals surface area contributed by atoms with Gasteiger partial charge < -0.3 is 0 Å². The van der Waals surface area contributed by atoms with E-state index in [2.05, 4.69) is 5.32 Å². The predicted octanol–water partition coefficient (Wildman–Crippen LogP) is 0.527. The number of hydrogen-bond acceptors (Lipinski definition) is 4. The van der Waals surface area contributed by atoms with Gasteiger partial charge in [-0.2, -0.15) is 5.26 Å². The minimum Gasteiger partial charge on any atom is -0.277 e. The molecule has 1 aliphatic rings. The standard InChI is InChI=1S/C12H9N3O3/c13-6-8-1-3-9(4-2-8)7-15-11(17)5-10(16)14-12(15)18/h1-4H,5,7H2,(H,14,16,18). The largest absolute Gasteiger partial charge is 0.331 e. The highest BCUT2D eigenvalue weighted by molar-refractivity contribution is 6.13. The van der Waals surface area contributed by atoms with Gasteiger partial charge in [0.1, 0.15) is 6.42 Å². The Bertz CT molecular complexity index is 537. The summed E-state index contributed by atoms with van der Waals surface area (Å²) in [6.45, 7) is 0.0870. The van der Waals surface area contributed by atoms with Crippen molar-refractivity contribution in [1.82, 2.24) is 10.2 Å². The highest BCUT2D eigenvalue weighted by Gasteiger charge is 2.30. The molecule has 1 aromatic carbocycles. The third kappa shape index (κ3) is 2.35. The molecule has 1 aliphatic heterocycles. The molecule has 1 heterocycles. The number of amides is 4. The number of rotatable bonds is 2. The second-order valence-corrected chi connectivity index (χ2v) is 3.82. The minimum atomic E-state index is -0.708. The Morgan fingerprint density at radius 1 is 1.22 bits per heavy atom. The number of nitriles is 1. The van der Waals surface area contributed by atoms with Gasteiger partial charge in [-0.1, -0.05) is 12.1 Å². The molecule has 0 aliphatic carbocycles. The van der Waals surface area contributed by atoms with E-state index in [-0.39, 0.29) is 13.0 Å². The van der Waals surface area contributed by atoms with Crippen LogP contribution < -0.4 is 5.32 Å². The first-order chi connectivity index (χ1) is 8.60. The summed E-state index contributed by atoms with van der Waals surface area (Å²) in [5.41, 5.74) is 1.22. The van der Waals surface area contributed by atoms with Gasteiger partial charge in [0.2, 0.25) is 11.8 Å². The van der Waals surface area contributed by atoms with Crippen LogP contribution in [0.1, 0.15) is 17.5 Å². The summed E-state index contributed by atoms with van der Waals surface area (Å²) < 4.78 is 0. The van der Waals surface area contributed by atoms with Crippen molar-refractivity contribution in [3.8, 4) is 6.07 Å². The van der Waals surface area contributed by atoms with Crippen LogP contribution in [0.4, 0.5) is 4.79 Å². The van der Waals surface area contributed by atoms with E-state index in [4.69, 9.17) is 5.26 Å². The van der Waals surface area contributed by atoms with Gasteiger partial charge in [-0.05, 0) is 17.7 Å². The number of urea groups is 1. The summed E-state index contributed by atoms with van der Waals surface area (Å²) >= 11 is 0. The summed E-state index contributed by atoms with van der Waals surface area (Å²) in [7, 11) is 0. The van der Waals surface area contributed by atoms with Crippen molar-refractivity contribution in [3.05, 3.63) is 35.4 Å². The van der Waals surface area contributed by atoms with Crippen molar-refractivity contribution in [2.24, 2.45) is 0 Å². The zero-order valence-corrected chi connectivity index (χ0v) is 9.34. The third-order valence-corrected chi connectivity index (χ3v) is 2.53. The summed E-state index contributed by atoms with van der Waals surface area (Å²) in [5, 5.41) is 10.7. The maximum absolute atomic E-state index is 11.5. The van der Waals surface area contributed by atoms with E-state index in [1.165, 1.54) is 0 Å². The van der Waals surface area contributed by atoms with Gasteiger partial charge in [0.25, 0.3) is 0 Å². The second-order valence-electron chi connectivity index (χ2n) is 3.82. The third-order valence-electron chi connectivity index (χ3n) is 2.53. The smallest absolute Gasteiger partial charge is 0.277 e. The summed E-state index contributed by atoms with van der Waals surface area (Å²) in [4.78, 5) is 34.9. The topological polar surface area (TPSA) is 90.3 Å². The maximum Gasteiger partial charge on any atom is 0.331 e. The molecule has 0 spiro atoms. The van der Waals surface area contributed by atoms with Gasteiger partial charge in [-0.3, -0.25) is 19.8 Å². The van der Waals surface area contributed by atoms with E-state index in [1.807, 2.05) is 6.07 Å². The summed E-state index contributed by atoms with van der Waals surface area (Å²) in [5.74, 6) is -1.10. The van der Waals surface area contributed by atoms with Gasteiger partial charge in [-0.25, -0.2) is 4.79 Å². The zero-order chi connectivity index (χ0) is 13.1. The molecule has 0 unspecified atom stereocenters. The van der Waals surface area contributed by atoms with Crippen molar-refractivity contribution >= 4 is 17.8 Å². The molecular weight excluding hydrogens is 234 g/mol. The molecule has 0 atom stereocenters. The van der Waals surface area contributed by atoms with Gasteiger partial charge in [0.05, 0.1) is 18.2 Å². The van der Waals surface area contributed by atoms with Crippen LogP contribution in [-0.2, 0) is 16.1 Å². The van der Waals surface area contributed by atoms with Crippen LogP contribution in [0.15, 0.2) is 24.3 Å². The van der Waals surface area contributed by atoms with Crippen LogP contribution in [0.5, 0.6) is 0 Å². The average molecular weight is 243 g/mol. The predicted molar refractivity (Wildman–Crippen MR) is 59.9 cm³/mol. The van der Waals surface area contributed by atoms with Gasteiger partial charge >= 0.3 is 6.03 Å². The lowest BCUT2D eigenvalue weighted by molar-refractivity contribution is -0.136. The SMILES string of the molecule is N#Cc1ccc(CN2C(=O)CC(=O)NC2=O)cc1. The Hall–Kier alpha value is -2.68. The molecule has 0 bridgehead atoms. The fourth-order valence-electron chi connectivity index (χ4n) is 1.60. The fraction of sp³-hybridized carbons (Fsp3) is 0.167. The van der Waals surface area contributed by atoms with Crippen molar-refractivity contribution in [1.29, 1.82) is 5.26 Å². The normalized spacial score (nSPS) is 15.3. The number of nitrogens with zero attached hydrogens (tertiary/aromatic N) is 2. The van der Waals surface area contributed by atoms with E-state index in [0.717, 1.165) is 4.90 Å². The highest BCUT2D eigenvalue weighted by Crippen LogP contribution is 2.11. The molecule has 90 valence electrons. The first kappa shape index (κ1) is 11.8. The molecule has 1 aromatic rings. The van der Waals surface area contributed by atoms with Crippen LogP contribution in [0, 0.1) is 11.3 Å². The first-order valence-corrected chi connectivity index (χ1v) is 5.23. The van der Waals surface area contributed by atoms with Crippen LogP contribution >= 0.6 is 0 Å². The lowest BCUT2D eigenvalue weighted by Crippen LogP contribution is -2.52. The minimum absolute atomic E-state index is 0.0870. The van der Waals surface area contributed by atoms with E-state index in [1.54, 1.807) is 24.3 Å². The molecule has 0 radical (unpaired) electrons. The maximum atomic E-state index is 11.5. The highest BCUT2D eigenvalue weighted by atomic mass is 16.2. The molecule has 18 heavy (non-hydrogen) atoms. The van der Waals surface area contributed by atoms with E-state index >= 15 is 0 Å². The summed E-state index contributed by atoms with van der Waals surface area (Å²) in [6.07, 6.45) is -0.317. The lowest BCUT2D eigenvalue weighted by atomic mass is 10.1. The van der Waals surface area contributed by atoms with Crippen molar-refractivity contribution < 1.29 is 14.4 Å². The van der Waals surface area contributed by atoms with E-state index in [0.29, 0.717) is 11.1 Å². The average Bonchev–Trinajstić information content (AvgIpc) is 2.34. The number of nitrogens with one attached hydrogen (secondary N) is 1. The number of hydrogen-bond donors (Lipinski definition) is 1. The van der Waals surface area contributed by atoms with E-state index in [9.17, 15) is 14.4 Å². The molecule has 4 amide bonds. The molecule has 6 nitrogen and oxygen atoms in total. The molecule has 0 saturated carbocycles. The molecule has 6 heteroatoms. The quantitative estimate of drug-likeness (QED) is 0.767. The number of carbonyl (C=O) groups excluding carboxylic acids is 3. The number of barbiturate groups is 1. The Morgan fingerprint density at radius 2 is 1.89 bits per heavy atom. The van der Waals surface area contributed by atoms with Crippen LogP contribution in [0.25, 0.3) is 0 Å². The Balaban J connectivity index is 2.13. The Kier molecular flexibility index (Phi) is 3.06. The molecular formula is C12H9N3O3. The van der Waals surface area contributed by atoms with Gasteiger partial charge in [0.15, 0.2) is 0 Å². The molecule has 0 aromatic heterocycles. The number of carbonyl (C=O) groups is 3. The van der Waals surface area contributed by atoms with Crippen molar-refractivity contribution in [3.63, 3.8) is 0 Å². The fourth-order valence-corrected chi connectivity index (χ4v) is 1.60. The molecule has 1 fully saturated rings. The van der Waals surface area contributed by atoms with Gasteiger partial charge in [-0.15, -0.1) is 0 Å². The Morgan fingerprint density at radius 3 is 2.44 bits per heavy atom. The number of imide groups is 2. The second kappa shape index (κ2) is 4.67. The molecule has 1 N–H and O–H groups in total. The Labute approximate surface area is 103 Å². The lowest BCUT2D eigenvalue weighted by Gasteiger charge is -2.24. The van der Waals surface area contributed by atoms with Crippen LogP contribution in [-0.4, -0.2) is 22.7 Å². The summed E-state index contributed by atoms with van der Waals surface area (Å²) in [6, 6.07) is 7.80. The number of benzene rings is 1. The van der Waals surface area contributed by atoms with Gasteiger partial charge in [0, 0.05) is 0 Å². The van der Waals surface area contributed by atoms with Crippen molar-refractivity contribution in [2.75, 3.05) is 0 Å². The monoisotopic (exact) mass is 243 g/mol.